The molecule has 146 heavy (non-hydrogen) atoms. The van der Waals surface area contributed by atoms with Gasteiger partial charge in [0.15, 0.2) is 39.7 Å². The first kappa shape index (κ1) is 100. The van der Waals surface area contributed by atoms with Crippen LogP contribution in [0.2, 0.25) is 5.02 Å². The van der Waals surface area contributed by atoms with Gasteiger partial charge in [0.25, 0.3) is 22.9 Å². The van der Waals surface area contributed by atoms with Crippen molar-refractivity contribution in [2.75, 3.05) is 33.3 Å². The first-order chi connectivity index (χ1) is 70.6. The Morgan fingerprint density at radius 3 is 1.64 bits per heavy atom. The number of amides is 5. The van der Waals surface area contributed by atoms with E-state index in [-0.39, 0.29) is 103 Å². The van der Waals surface area contributed by atoms with Crippen molar-refractivity contribution in [2.24, 2.45) is 15.9 Å². The quantitative estimate of drug-likeness (QED) is 0.0313. The summed E-state index contributed by atoms with van der Waals surface area (Å²) >= 11 is 7.38. The number of aliphatic imine (C=N–C) groups is 2. The number of H-pyrrole nitrogens is 2. The van der Waals surface area contributed by atoms with Crippen LogP contribution >= 0.6 is 23.4 Å². The molecule has 10 aromatic carbocycles. The molecule has 33 nitrogen and oxygen atoms in total. The lowest BCUT2D eigenvalue weighted by atomic mass is 10.1. The van der Waals surface area contributed by atoms with Gasteiger partial charge in [-0.05, 0) is 171 Å². The van der Waals surface area contributed by atoms with E-state index in [0.29, 0.717) is 116 Å². The van der Waals surface area contributed by atoms with Gasteiger partial charge in [0.2, 0.25) is 57.5 Å². The van der Waals surface area contributed by atoms with Crippen LogP contribution in [0.5, 0.6) is 40.2 Å². The Morgan fingerprint density at radius 2 is 1.05 bits per heavy atom. The van der Waals surface area contributed by atoms with Crippen molar-refractivity contribution < 1.29 is 74.0 Å². The van der Waals surface area contributed by atoms with Crippen LogP contribution in [0.3, 0.4) is 0 Å². The zero-order valence-electron chi connectivity index (χ0n) is 80.7. The first-order valence-corrected chi connectivity index (χ1v) is 52.0. The highest BCUT2D eigenvalue weighted by Gasteiger charge is 2.44. The zero-order valence-corrected chi connectivity index (χ0v) is 83.9. The molecule has 7 N–H and O–H groups in total. The number of aryl methyl sites for hydroxylation is 3. The number of benzene rings is 10. The molecule has 3 atom stereocenters. The predicted molar refractivity (Wildman–Crippen MR) is 560 cm³/mol. The maximum atomic E-state index is 13.1. The Bertz CT molecular complexity index is 7990. The molecule has 5 amide bonds. The van der Waals surface area contributed by atoms with E-state index >= 15 is 0 Å². The molecule has 0 bridgehead atoms. The number of amidine groups is 2. The monoisotopic (exact) mass is 2040 g/mol. The van der Waals surface area contributed by atoms with Crippen molar-refractivity contribution >= 4 is 139 Å². The van der Waals surface area contributed by atoms with Crippen molar-refractivity contribution in [3.05, 3.63) is 332 Å². The first-order valence-electron chi connectivity index (χ1n) is 47.7. The van der Waals surface area contributed by atoms with E-state index in [1.54, 1.807) is 87.4 Å². The summed E-state index contributed by atoms with van der Waals surface area (Å²) in [5.41, 5.74) is 12.9. The molecule has 7 aliphatic rings. The lowest BCUT2D eigenvalue weighted by Crippen LogP contribution is -2.46. The molecule has 7 aliphatic heterocycles. The van der Waals surface area contributed by atoms with Crippen LogP contribution in [0.1, 0.15) is 104 Å². The molecule has 22 rings (SSSR count). The molecule has 0 aliphatic carbocycles. The molecular weight excluding hydrogens is 1940 g/mol. The number of aromatic nitrogens is 6. The van der Waals surface area contributed by atoms with E-state index in [1.807, 2.05) is 203 Å². The number of hydrogen-bond donors (Lipinski definition) is 7. The molecule has 0 radical (unpaired) electrons. The van der Waals surface area contributed by atoms with E-state index in [1.165, 1.54) is 47.2 Å². The van der Waals surface area contributed by atoms with Crippen LogP contribution < -0.4 is 69.7 Å². The number of para-hydroxylation sites is 3. The Balaban J connectivity index is 0.000000120. The molecule has 5 aromatic heterocycles. The summed E-state index contributed by atoms with van der Waals surface area (Å²) in [6.07, 6.45) is 8.52. The van der Waals surface area contributed by atoms with Gasteiger partial charge in [-0.15, -0.1) is 0 Å². The van der Waals surface area contributed by atoms with Gasteiger partial charge in [0.05, 0.1) is 32.7 Å². The highest BCUT2D eigenvalue weighted by Crippen LogP contribution is 2.44. The number of rotatable bonds is 23. The van der Waals surface area contributed by atoms with Crippen LogP contribution in [-0.2, 0) is 96.4 Å². The second-order valence-corrected chi connectivity index (χ2v) is 41.1. The Hall–Kier alpha value is -15.6. The van der Waals surface area contributed by atoms with Crippen LogP contribution in [0.4, 0.5) is 5.69 Å². The number of sulfonamides is 2. The van der Waals surface area contributed by atoms with Gasteiger partial charge in [-0.2, -0.15) is 0 Å². The number of nitrogens with one attached hydrogen (secondary N) is 7. The van der Waals surface area contributed by atoms with Gasteiger partial charge in [0.1, 0.15) is 59.8 Å². The normalized spacial score (nSPS) is 15.2. The topological polar surface area (TPSA) is 403 Å². The Labute approximate surface area is 850 Å². The third-order valence-corrected chi connectivity index (χ3v) is 29.7. The number of ether oxygens (including phenoxy) is 7. The smallest absolute Gasteiger partial charge is 0.272 e. The van der Waals surface area contributed by atoms with Crippen molar-refractivity contribution in [3.63, 3.8) is 0 Å². The minimum atomic E-state index is -3.78. The molecule has 750 valence electrons. The number of carbonyl (C=O) groups excluding carboxylic acids is 5. The number of thioether (sulfide) groups is 1. The van der Waals surface area contributed by atoms with E-state index in [4.69, 9.17) is 54.7 Å². The number of imidazole rings is 1. The van der Waals surface area contributed by atoms with E-state index in [9.17, 15) is 50.4 Å². The summed E-state index contributed by atoms with van der Waals surface area (Å²) in [4.78, 5) is 111. The number of nitrogens with zero attached hydrogens (tertiary/aromatic N) is 8. The van der Waals surface area contributed by atoms with Crippen LogP contribution in [-0.4, -0.2) is 147 Å². The Morgan fingerprint density at radius 1 is 0.534 bits per heavy atom. The molecule has 1 fully saturated rings. The average molecular weight is 2050 g/mol. The summed E-state index contributed by atoms with van der Waals surface area (Å²) in [5, 5.41) is 13.0. The highest BCUT2D eigenvalue weighted by atomic mass is 35.5. The van der Waals surface area contributed by atoms with Gasteiger partial charge >= 0.3 is 0 Å². The van der Waals surface area contributed by atoms with Crippen molar-refractivity contribution in [3.8, 4) is 51.5 Å². The molecular formula is C109H106ClN15O18S3. The van der Waals surface area contributed by atoms with Crippen LogP contribution in [0, 0.1) is 19.8 Å². The van der Waals surface area contributed by atoms with Gasteiger partial charge in [-0.25, -0.2) is 41.2 Å². The number of carbonyl (C=O) groups is 5. The lowest BCUT2D eigenvalue weighted by Gasteiger charge is -2.30. The molecule has 12 heterocycles. The van der Waals surface area contributed by atoms with E-state index in [0.717, 1.165) is 111 Å². The van der Waals surface area contributed by atoms with Crippen molar-refractivity contribution in [1.82, 2.24) is 63.8 Å². The fourth-order valence-corrected chi connectivity index (χ4v) is 20.9. The van der Waals surface area contributed by atoms with E-state index < -0.39 is 37.4 Å². The molecule has 15 aromatic rings. The number of aromatic amines is 2. The van der Waals surface area contributed by atoms with Gasteiger partial charge in [0, 0.05) is 120 Å². The Kier molecular flexibility index (Phi) is 30.5. The standard InChI is InChI=1S/C24H26N4O2S.C22H25ClN2O5S.C21H19N3O5S.C21H17N3O4.C21H19N3O2/c1-14(2)20-23(30)28-21(27-20)18-7-5-6-8-19(18)26-24(28)31-16(4)22(29)25-13-17-11-9-15(3)10-12-17;23-18-8-4-3-7-16(18)14-24-31(27,28)17-9-10-19-20(13-17)29-15-21(30-19)22(26)25-11-5-1-2-6-12-25;1-3-24-11-22-20-13(2)29-17-7-5-15(9-16(17)21(20)24)30(25,26)23-10-14-4-6-18-19(8-14)28-12-27-18;25-19(23-10-13-5-6-17-18(9-13)28-12-27-17)11-24-16-4-2-1-3-14(16)15-7-8-22-21(26)20(15)24;1-14-6-8-15(9-7-14)12-23-19(25)13-24-18-5-3-2-4-16(18)17-10-11-22-21(26)20(17)24/h5-12,14,16,20H,13H2,1-4H3,(H,25,29);3-4,7-10,13,21,24H,1-2,5-6,11-12,14-15H2;4-9,11,23H,2-3,10,12H2,1H3;1-9H,10-12H2,(H,22,26)(H,23,25);2-11H,12-13H2,1H3,(H,22,26)(H,23,25). The minimum absolute atomic E-state index is 0.0545. The number of fused-ring (bicyclic) bond motifs is 15. The molecule has 3 unspecified atom stereocenters. The molecule has 37 heteroatoms. The van der Waals surface area contributed by atoms with Crippen LogP contribution in [0.25, 0.3) is 60.6 Å². The molecule has 1 saturated heterocycles. The third-order valence-electron chi connectivity index (χ3n) is 25.5. The number of likely N-dealkylation sites (tertiary alicyclic amines) is 1. The SMILES string of the molecule is C=C1Oc2ccc(S(=O)(=O)NCc3ccc4c(c3)OCO4)cc2-c2c1ncn2CC.Cc1ccc(CNC(=O)C(C)SC2=Nc3ccccc3C3=NC(C(C)C)C(=O)N23)cc1.Cc1ccc(CNC(=O)Cn2c3ccccc3c3cc[nH]c(=O)c32)cc1.O=C(C1COc2cc(S(=O)(=O)NCc3ccccc3Cl)ccc2O1)N1CCCCCC1.O=C(Cn1c2ccccc2c2cc[nH]c(=O)c21)NCc1ccc2c(c1)OCO2. The van der Waals surface area contributed by atoms with Gasteiger partial charge < -0.3 is 77.7 Å². The summed E-state index contributed by atoms with van der Waals surface area (Å²) in [5.74, 6) is 4.47. The molecule has 0 saturated carbocycles. The summed E-state index contributed by atoms with van der Waals surface area (Å²) in [7, 11) is -7.53. The summed E-state index contributed by atoms with van der Waals surface area (Å²) in [6, 6.07) is 69.6. The summed E-state index contributed by atoms with van der Waals surface area (Å²) < 4.78 is 101. The predicted octanol–water partition coefficient (Wildman–Crippen LogP) is 16.2. The van der Waals surface area contributed by atoms with Gasteiger partial charge in [-0.3, -0.25) is 38.6 Å². The van der Waals surface area contributed by atoms with Gasteiger partial charge in [-0.1, -0.05) is 195 Å². The highest BCUT2D eigenvalue weighted by molar-refractivity contribution is 8.15. The molecule has 0 spiro atoms. The van der Waals surface area contributed by atoms with Crippen molar-refractivity contribution in [1.29, 1.82) is 0 Å². The minimum Gasteiger partial charge on any atom is -0.485 e. The second kappa shape index (κ2) is 44.3. The lowest BCUT2D eigenvalue weighted by molar-refractivity contribution is -0.141. The number of hydrogen-bond acceptors (Lipinski definition) is 22. The second-order valence-electron chi connectivity index (χ2n) is 35.9. The number of halogens is 1. The fraction of sp³-hybridized carbons (Fsp3) is 0.248. The largest absolute Gasteiger partial charge is 0.485 e. The fourth-order valence-electron chi connectivity index (χ4n) is 17.7. The maximum absolute atomic E-state index is 13.1. The number of pyridine rings is 2. The third kappa shape index (κ3) is 22.5. The average Bonchev–Trinajstić information content (AvgIpc) is 1.61. The summed E-state index contributed by atoms with van der Waals surface area (Å²) in [6.45, 7) is 20.0. The van der Waals surface area contributed by atoms with Crippen LogP contribution in [0.15, 0.2) is 285 Å². The van der Waals surface area contributed by atoms with E-state index in [2.05, 4.69) is 46.9 Å². The zero-order chi connectivity index (χ0) is 102. The maximum Gasteiger partial charge on any atom is 0.272 e. The van der Waals surface area contributed by atoms with Crippen molar-refractivity contribution in [2.45, 2.75) is 147 Å².